The molecule has 0 aliphatic heterocycles. The fourth-order valence-electron chi connectivity index (χ4n) is 2.51. The maximum atomic E-state index is 12.4. The Morgan fingerprint density at radius 3 is 2.68 bits per heavy atom. The van der Waals surface area contributed by atoms with Crippen LogP contribution in [0.2, 0.25) is 0 Å². The van der Waals surface area contributed by atoms with E-state index in [9.17, 15) is 8.78 Å². The van der Waals surface area contributed by atoms with Gasteiger partial charge in [-0.1, -0.05) is 13.3 Å². The number of rotatable bonds is 5. The highest BCUT2D eigenvalue weighted by Crippen LogP contribution is 2.34. The Bertz CT molecular complexity index is 426. The van der Waals surface area contributed by atoms with Crippen LogP contribution in [0.3, 0.4) is 0 Å². The molecule has 3 nitrogen and oxygen atoms in total. The molecule has 1 aromatic carbocycles. The van der Waals surface area contributed by atoms with Gasteiger partial charge in [0, 0.05) is 12.1 Å². The number of ether oxygens (including phenoxy) is 2. The molecule has 0 aromatic heterocycles. The van der Waals surface area contributed by atoms with Crippen LogP contribution in [0, 0.1) is 5.92 Å². The zero-order valence-electron chi connectivity index (χ0n) is 11.2. The van der Waals surface area contributed by atoms with Crippen molar-refractivity contribution in [2.24, 2.45) is 5.92 Å². The Balaban J connectivity index is 2.19. The van der Waals surface area contributed by atoms with Crippen LogP contribution in [-0.2, 0) is 0 Å². The molecule has 0 spiro atoms. The number of methoxy groups -OCH3 is 1. The summed E-state index contributed by atoms with van der Waals surface area (Å²) in [4.78, 5) is 0. The van der Waals surface area contributed by atoms with Gasteiger partial charge >= 0.3 is 6.61 Å². The van der Waals surface area contributed by atoms with Crippen molar-refractivity contribution < 1.29 is 18.3 Å². The Kier molecular flexibility index (Phi) is 4.45. The normalized spacial score (nSPS) is 22.6. The number of benzene rings is 1. The van der Waals surface area contributed by atoms with E-state index < -0.39 is 6.61 Å². The molecule has 5 heteroatoms. The minimum atomic E-state index is -2.82. The second-order valence-corrected chi connectivity index (χ2v) is 4.90. The molecule has 1 saturated carbocycles. The quantitative estimate of drug-likeness (QED) is 0.881. The lowest BCUT2D eigenvalue weighted by Crippen LogP contribution is -2.22. The number of nitrogens with one attached hydrogen (secondary N) is 1. The zero-order valence-corrected chi connectivity index (χ0v) is 11.2. The summed E-state index contributed by atoms with van der Waals surface area (Å²) in [5.41, 5.74) is 0.568. The van der Waals surface area contributed by atoms with Crippen LogP contribution in [0.1, 0.15) is 26.2 Å². The van der Waals surface area contributed by atoms with Gasteiger partial charge in [-0.25, -0.2) is 0 Å². The van der Waals surface area contributed by atoms with Gasteiger partial charge in [-0.15, -0.1) is 0 Å². The van der Waals surface area contributed by atoms with Gasteiger partial charge in [-0.05, 0) is 30.9 Å². The lowest BCUT2D eigenvalue weighted by atomic mass is 10.1. The minimum absolute atomic E-state index is 0.162. The van der Waals surface area contributed by atoms with Crippen molar-refractivity contribution in [1.29, 1.82) is 0 Å². The van der Waals surface area contributed by atoms with Crippen LogP contribution in [0.4, 0.5) is 14.5 Å². The van der Waals surface area contributed by atoms with E-state index >= 15 is 0 Å². The molecule has 2 rings (SSSR count). The summed E-state index contributed by atoms with van der Waals surface area (Å²) in [6.07, 6.45) is 3.37. The summed E-state index contributed by atoms with van der Waals surface area (Å²) in [7, 11) is 1.55. The van der Waals surface area contributed by atoms with Crippen LogP contribution in [0.15, 0.2) is 18.2 Å². The van der Waals surface area contributed by atoms with Crippen LogP contribution >= 0.6 is 0 Å². The third-order valence-corrected chi connectivity index (χ3v) is 3.61. The van der Waals surface area contributed by atoms with Crippen molar-refractivity contribution >= 4 is 5.69 Å². The van der Waals surface area contributed by atoms with Gasteiger partial charge in [0.1, 0.15) is 11.5 Å². The smallest absolute Gasteiger partial charge is 0.387 e. The fourth-order valence-corrected chi connectivity index (χ4v) is 2.51. The summed E-state index contributed by atoms with van der Waals surface area (Å²) in [5.74, 6) is 1.32. The second-order valence-electron chi connectivity index (χ2n) is 4.90. The summed E-state index contributed by atoms with van der Waals surface area (Å²) in [6, 6.07) is 5.11. The fraction of sp³-hybridized carbons (Fsp3) is 0.571. The molecule has 106 valence electrons. The number of halogens is 2. The highest BCUT2D eigenvalue weighted by molar-refractivity contribution is 5.60. The summed E-state index contributed by atoms with van der Waals surface area (Å²) < 4.78 is 34.4. The summed E-state index contributed by atoms with van der Waals surface area (Å²) in [5, 5.41) is 3.30. The highest BCUT2D eigenvalue weighted by Gasteiger charge is 2.24. The van der Waals surface area contributed by atoms with Crippen LogP contribution in [-0.4, -0.2) is 19.8 Å². The molecule has 0 amide bonds. The average molecular weight is 271 g/mol. The average Bonchev–Trinajstić information content (AvgIpc) is 2.76. The predicted molar refractivity (Wildman–Crippen MR) is 70.1 cm³/mol. The van der Waals surface area contributed by atoms with E-state index in [1.807, 2.05) is 0 Å². The Hall–Kier alpha value is -1.52. The predicted octanol–water partition coefficient (Wildman–Crippen LogP) is 3.90. The van der Waals surface area contributed by atoms with E-state index in [-0.39, 0.29) is 5.75 Å². The first-order valence-corrected chi connectivity index (χ1v) is 6.49. The van der Waals surface area contributed by atoms with Gasteiger partial charge in [0.05, 0.1) is 12.8 Å². The second kappa shape index (κ2) is 6.08. The van der Waals surface area contributed by atoms with E-state index in [4.69, 9.17) is 4.74 Å². The van der Waals surface area contributed by atoms with Crippen molar-refractivity contribution in [1.82, 2.24) is 0 Å². The Labute approximate surface area is 111 Å². The molecule has 0 bridgehead atoms. The van der Waals surface area contributed by atoms with Gasteiger partial charge in [0.25, 0.3) is 0 Å². The molecule has 2 unspecified atom stereocenters. The lowest BCUT2D eigenvalue weighted by molar-refractivity contribution is -0.0494. The van der Waals surface area contributed by atoms with Gasteiger partial charge in [-0.3, -0.25) is 0 Å². The molecule has 0 saturated heterocycles. The summed E-state index contributed by atoms with van der Waals surface area (Å²) >= 11 is 0. The topological polar surface area (TPSA) is 30.5 Å². The minimum Gasteiger partial charge on any atom is -0.497 e. The van der Waals surface area contributed by atoms with Crippen molar-refractivity contribution in [3.8, 4) is 11.5 Å². The van der Waals surface area contributed by atoms with Crippen LogP contribution in [0.5, 0.6) is 11.5 Å². The van der Waals surface area contributed by atoms with Crippen molar-refractivity contribution in [3.05, 3.63) is 18.2 Å². The molecule has 1 fully saturated rings. The number of hydrogen-bond acceptors (Lipinski definition) is 3. The van der Waals surface area contributed by atoms with E-state index in [2.05, 4.69) is 17.0 Å². The third kappa shape index (κ3) is 3.49. The lowest BCUT2D eigenvalue weighted by Gasteiger charge is -2.21. The molecule has 1 aliphatic carbocycles. The van der Waals surface area contributed by atoms with Crippen molar-refractivity contribution in [3.63, 3.8) is 0 Å². The van der Waals surface area contributed by atoms with Crippen LogP contribution < -0.4 is 14.8 Å². The van der Waals surface area contributed by atoms with Gasteiger partial charge in [-0.2, -0.15) is 8.78 Å². The number of alkyl halides is 2. The van der Waals surface area contributed by atoms with Gasteiger partial charge in [0.2, 0.25) is 0 Å². The van der Waals surface area contributed by atoms with Crippen LogP contribution in [0.25, 0.3) is 0 Å². The molecule has 2 atom stereocenters. The van der Waals surface area contributed by atoms with Crippen molar-refractivity contribution in [2.45, 2.75) is 38.8 Å². The van der Waals surface area contributed by atoms with Crippen molar-refractivity contribution in [2.75, 3.05) is 12.4 Å². The Morgan fingerprint density at radius 2 is 2.11 bits per heavy atom. The molecule has 1 aliphatic rings. The first-order valence-electron chi connectivity index (χ1n) is 6.49. The number of anilines is 1. The SMILES string of the molecule is COc1ccc(OC(F)F)c(NC2CCCC2C)c1. The Morgan fingerprint density at radius 1 is 1.32 bits per heavy atom. The maximum absolute atomic E-state index is 12.4. The van der Waals surface area contributed by atoms with E-state index in [1.165, 1.54) is 6.07 Å². The molecule has 0 heterocycles. The van der Waals surface area contributed by atoms with E-state index in [0.29, 0.717) is 23.4 Å². The number of hydrogen-bond donors (Lipinski definition) is 1. The van der Waals surface area contributed by atoms with Gasteiger partial charge in [0.15, 0.2) is 0 Å². The summed E-state index contributed by atoms with van der Waals surface area (Å²) in [6.45, 7) is -0.659. The first kappa shape index (κ1) is 13.9. The van der Waals surface area contributed by atoms with E-state index in [0.717, 1.165) is 19.3 Å². The standard InChI is InChI=1S/C14H19F2NO2/c1-9-4-3-5-11(9)17-12-8-10(18-2)6-7-13(12)19-14(15)16/h6-9,11,14,17H,3-5H2,1-2H3. The monoisotopic (exact) mass is 271 g/mol. The molecular weight excluding hydrogens is 252 g/mol. The zero-order chi connectivity index (χ0) is 13.8. The first-order chi connectivity index (χ1) is 9.10. The molecule has 19 heavy (non-hydrogen) atoms. The molecular formula is C14H19F2NO2. The van der Waals surface area contributed by atoms with E-state index in [1.54, 1.807) is 19.2 Å². The molecule has 1 N–H and O–H groups in total. The van der Waals surface area contributed by atoms with Gasteiger partial charge < -0.3 is 14.8 Å². The molecule has 0 radical (unpaired) electrons. The maximum Gasteiger partial charge on any atom is 0.387 e. The molecule has 1 aromatic rings. The largest absolute Gasteiger partial charge is 0.497 e. The highest BCUT2D eigenvalue weighted by atomic mass is 19.3. The third-order valence-electron chi connectivity index (χ3n) is 3.61.